The zero-order valence-corrected chi connectivity index (χ0v) is 11.6. The van der Waals surface area contributed by atoms with Gasteiger partial charge in [-0.15, -0.1) is 0 Å². The summed E-state index contributed by atoms with van der Waals surface area (Å²) in [5.74, 6) is -0.163. The number of benzene rings is 1. The summed E-state index contributed by atoms with van der Waals surface area (Å²) < 4.78 is 18.3. The summed E-state index contributed by atoms with van der Waals surface area (Å²) in [6, 6.07) is 5.53. The predicted octanol–water partition coefficient (Wildman–Crippen LogP) is 2.01. The first-order valence-corrected chi connectivity index (χ1v) is 6.90. The van der Waals surface area contributed by atoms with Gasteiger partial charge in [0.2, 0.25) is 0 Å². The Hall–Kier alpha value is -1.62. The largest absolute Gasteiger partial charge is 0.481 e. The highest BCUT2D eigenvalue weighted by Gasteiger charge is 2.35. The Labute approximate surface area is 117 Å². The summed E-state index contributed by atoms with van der Waals surface area (Å²) in [7, 11) is 0. The minimum atomic E-state index is -0.690. The van der Waals surface area contributed by atoms with E-state index in [4.69, 9.17) is 4.74 Å². The van der Waals surface area contributed by atoms with E-state index in [0.29, 0.717) is 5.75 Å². The molecule has 2 rings (SSSR count). The third-order valence-electron chi connectivity index (χ3n) is 3.75. The highest BCUT2D eigenvalue weighted by molar-refractivity contribution is 5.81. The molecule has 1 fully saturated rings. The zero-order valence-electron chi connectivity index (χ0n) is 11.6. The second-order valence-corrected chi connectivity index (χ2v) is 5.35. The highest BCUT2D eigenvalue weighted by atomic mass is 19.1. The maximum Gasteiger partial charge on any atom is 0.261 e. The van der Waals surface area contributed by atoms with Gasteiger partial charge in [0.05, 0.1) is 12.1 Å². The fraction of sp³-hybridized carbons (Fsp3) is 0.533. The van der Waals surface area contributed by atoms with Crippen molar-refractivity contribution in [1.82, 2.24) is 5.32 Å². The molecule has 0 spiro atoms. The monoisotopic (exact) mass is 281 g/mol. The van der Waals surface area contributed by atoms with Crippen molar-refractivity contribution in [3.63, 3.8) is 0 Å². The normalized spacial score (nSPS) is 18.6. The third kappa shape index (κ3) is 3.48. The summed E-state index contributed by atoms with van der Waals surface area (Å²) >= 11 is 0. The molecule has 0 bridgehead atoms. The number of ether oxygens (including phenoxy) is 1. The molecule has 20 heavy (non-hydrogen) atoms. The summed E-state index contributed by atoms with van der Waals surface area (Å²) in [5, 5.41) is 12.4. The lowest BCUT2D eigenvalue weighted by Gasteiger charge is -2.29. The molecule has 0 aliphatic heterocycles. The molecule has 1 unspecified atom stereocenters. The fourth-order valence-corrected chi connectivity index (χ4v) is 2.51. The van der Waals surface area contributed by atoms with E-state index in [9.17, 15) is 14.3 Å². The molecule has 5 heteroatoms. The van der Waals surface area contributed by atoms with Crippen molar-refractivity contribution in [2.75, 3.05) is 6.61 Å². The molecule has 1 aromatic rings. The molecule has 1 atom stereocenters. The molecule has 0 heterocycles. The number of amides is 1. The lowest BCUT2D eigenvalue weighted by Crippen LogP contribution is -2.52. The van der Waals surface area contributed by atoms with E-state index in [1.54, 1.807) is 6.92 Å². The van der Waals surface area contributed by atoms with Crippen LogP contribution in [0.5, 0.6) is 5.75 Å². The van der Waals surface area contributed by atoms with Crippen LogP contribution in [0.2, 0.25) is 0 Å². The van der Waals surface area contributed by atoms with Crippen molar-refractivity contribution < 1.29 is 19.0 Å². The number of aliphatic hydroxyl groups excluding tert-OH is 1. The lowest BCUT2D eigenvalue weighted by atomic mass is 9.98. The van der Waals surface area contributed by atoms with Crippen molar-refractivity contribution in [2.45, 2.75) is 44.2 Å². The Morgan fingerprint density at radius 2 is 2.00 bits per heavy atom. The van der Waals surface area contributed by atoms with Crippen molar-refractivity contribution in [2.24, 2.45) is 0 Å². The molecule has 1 amide bonds. The van der Waals surface area contributed by atoms with Crippen molar-refractivity contribution >= 4 is 5.91 Å². The minimum absolute atomic E-state index is 0.0536. The van der Waals surface area contributed by atoms with Gasteiger partial charge in [0.15, 0.2) is 6.10 Å². The molecule has 1 saturated carbocycles. The topological polar surface area (TPSA) is 58.6 Å². The number of halogens is 1. The van der Waals surface area contributed by atoms with Crippen LogP contribution in [0.1, 0.15) is 32.6 Å². The molecular formula is C15H20FNO3. The van der Waals surface area contributed by atoms with E-state index in [2.05, 4.69) is 5.32 Å². The van der Waals surface area contributed by atoms with E-state index >= 15 is 0 Å². The van der Waals surface area contributed by atoms with Gasteiger partial charge >= 0.3 is 0 Å². The van der Waals surface area contributed by atoms with Gasteiger partial charge in [0, 0.05) is 0 Å². The van der Waals surface area contributed by atoms with Crippen molar-refractivity contribution in [3.8, 4) is 5.75 Å². The summed E-state index contributed by atoms with van der Waals surface area (Å²) in [6.07, 6.45) is 2.91. The number of nitrogens with one attached hydrogen (secondary N) is 1. The van der Waals surface area contributed by atoms with E-state index in [0.717, 1.165) is 25.7 Å². The number of rotatable bonds is 5. The van der Waals surface area contributed by atoms with Crippen LogP contribution in [0.15, 0.2) is 24.3 Å². The highest BCUT2D eigenvalue weighted by Crippen LogP contribution is 2.29. The van der Waals surface area contributed by atoms with Gasteiger partial charge < -0.3 is 15.2 Å². The first kappa shape index (κ1) is 14.8. The second kappa shape index (κ2) is 6.22. The lowest BCUT2D eigenvalue weighted by molar-refractivity contribution is -0.129. The quantitative estimate of drug-likeness (QED) is 0.868. The third-order valence-corrected chi connectivity index (χ3v) is 3.75. The van der Waals surface area contributed by atoms with Crippen molar-refractivity contribution in [3.05, 3.63) is 30.1 Å². The average molecular weight is 281 g/mol. The van der Waals surface area contributed by atoms with Gasteiger partial charge in [-0.1, -0.05) is 12.8 Å². The standard InChI is InChI=1S/C15H20FNO3/c1-11(20-13-6-4-12(16)5-7-13)14(19)17-15(10-18)8-2-3-9-15/h4-7,11,18H,2-3,8-10H2,1H3,(H,17,19). The van der Waals surface area contributed by atoms with Crippen LogP contribution in [-0.2, 0) is 4.79 Å². The Morgan fingerprint density at radius 3 is 2.55 bits per heavy atom. The number of hydrogen-bond acceptors (Lipinski definition) is 3. The van der Waals surface area contributed by atoms with Gasteiger partial charge in [0.1, 0.15) is 11.6 Å². The van der Waals surface area contributed by atoms with E-state index in [1.807, 2.05) is 0 Å². The van der Waals surface area contributed by atoms with E-state index in [-0.39, 0.29) is 18.3 Å². The Morgan fingerprint density at radius 1 is 1.40 bits per heavy atom. The molecule has 4 nitrogen and oxygen atoms in total. The fourth-order valence-electron chi connectivity index (χ4n) is 2.51. The van der Waals surface area contributed by atoms with Crippen LogP contribution >= 0.6 is 0 Å². The first-order valence-electron chi connectivity index (χ1n) is 6.90. The summed E-state index contributed by atoms with van der Waals surface area (Å²) in [6.45, 7) is 1.58. The number of carbonyl (C=O) groups excluding carboxylic acids is 1. The molecule has 1 aliphatic rings. The minimum Gasteiger partial charge on any atom is -0.481 e. The zero-order chi connectivity index (χ0) is 14.6. The average Bonchev–Trinajstić information content (AvgIpc) is 2.90. The van der Waals surface area contributed by atoms with Gasteiger partial charge in [0.25, 0.3) is 5.91 Å². The maximum absolute atomic E-state index is 12.8. The van der Waals surface area contributed by atoms with Gasteiger partial charge in [-0.05, 0) is 44.0 Å². The van der Waals surface area contributed by atoms with Crippen LogP contribution in [0.25, 0.3) is 0 Å². The van der Waals surface area contributed by atoms with Crippen LogP contribution in [0, 0.1) is 5.82 Å². The number of aliphatic hydroxyl groups is 1. The Kier molecular flexibility index (Phi) is 4.60. The maximum atomic E-state index is 12.8. The summed E-state index contributed by atoms with van der Waals surface area (Å²) in [5.41, 5.74) is -0.502. The van der Waals surface area contributed by atoms with Gasteiger partial charge in [-0.3, -0.25) is 4.79 Å². The summed E-state index contributed by atoms with van der Waals surface area (Å²) in [4.78, 5) is 12.1. The SMILES string of the molecule is CC(Oc1ccc(F)cc1)C(=O)NC1(CO)CCCC1. The molecule has 2 N–H and O–H groups in total. The van der Waals surface area contributed by atoms with Crippen molar-refractivity contribution in [1.29, 1.82) is 0 Å². The van der Waals surface area contributed by atoms with Crippen LogP contribution in [0.4, 0.5) is 4.39 Å². The number of carbonyl (C=O) groups is 1. The van der Waals surface area contributed by atoms with E-state index in [1.165, 1.54) is 24.3 Å². The van der Waals surface area contributed by atoms with Crippen LogP contribution in [0.3, 0.4) is 0 Å². The first-order chi connectivity index (χ1) is 9.54. The van der Waals surface area contributed by atoms with E-state index < -0.39 is 11.6 Å². The van der Waals surface area contributed by atoms with Crippen LogP contribution < -0.4 is 10.1 Å². The number of hydrogen-bond donors (Lipinski definition) is 2. The van der Waals surface area contributed by atoms with Crippen LogP contribution in [-0.4, -0.2) is 29.3 Å². The Bertz CT molecular complexity index is 455. The molecular weight excluding hydrogens is 261 g/mol. The molecule has 0 radical (unpaired) electrons. The molecule has 110 valence electrons. The molecule has 1 aromatic carbocycles. The second-order valence-electron chi connectivity index (χ2n) is 5.35. The smallest absolute Gasteiger partial charge is 0.261 e. The molecule has 1 aliphatic carbocycles. The van der Waals surface area contributed by atoms with Gasteiger partial charge in [-0.25, -0.2) is 4.39 Å². The molecule has 0 saturated heterocycles. The Balaban J connectivity index is 1.93. The molecule has 0 aromatic heterocycles. The van der Waals surface area contributed by atoms with Gasteiger partial charge in [-0.2, -0.15) is 0 Å². The predicted molar refractivity (Wildman–Crippen MR) is 72.9 cm³/mol.